The molecule has 0 bridgehead atoms. The minimum Gasteiger partial charge on any atom is -0.370 e. The molecule has 0 aliphatic carbocycles. The number of ether oxygens (including phenoxy) is 1. The van der Waals surface area contributed by atoms with Crippen LogP contribution in [0.5, 0.6) is 0 Å². The van der Waals surface area contributed by atoms with Crippen molar-refractivity contribution in [3.05, 3.63) is 64.1 Å². The molecule has 2 aromatic carbocycles. The van der Waals surface area contributed by atoms with E-state index in [9.17, 15) is 13.2 Å². The zero-order valence-electron chi connectivity index (χ0n) is 15.3. The van der Waals surface area contributed by atoms with E-state index in [4.69, 9.17) is 4.74 Å². The zero-order valence-corrected chi connectivity index (χ0v) is 17.7. The van der Waals surface area contributed by atoms with Gasteiger partial charge in [-0.25, -0.2) is 8.42 Å². The summed E-state index contributed by atoms with van der Waals surface area (Å²) in [6, 6.07) is 14.7. The standard InChI is InChI=1S/C20H21BrN2O4S/c21-17-6-2-15(3-7-17)19-14-22(11-12-27-19)20(24)16-4-8-18(9-5-16)23-10-1-13-28(23,25)26/h2-9,19H,1,10-14H2. The Balaban J connectivity index is 1.47. The molecule has 1 amide bonds. The fraction of sp³-hybridized carbons (Fsp3) is 0.350. The van der Waals surface area contributed by atoms with Crippen molar-refractivity contribution in [3.8, 4) is 0 Å². The van der Waals surface area contributed by atoms with Crippen molar-refractivity contribution in [1.82, 2.24) is 4.90 Å². The van der Waals surface area contributed by atoms with Crippen molar-refractivity contribution < 1.29 is 17.9 Å². The molecule has 0 saturated carbocycles. The van der Waals surface area contributed by atoms with Crippen LogP contribution in [0.25, 0.3) is 0 Å². The van der Waals surface area contributed by atoms with E-state index in [0.717, 1.165) is 10.0 Å². The SMILES string of the molecule is O=C(c1ccc(N2CCCS2(=O)=O)cc1)N1CCOC(c2ccc(Br)cc2)C1. The molecule has 0 spiro atoms. The summed E-state index contributed by atoms with van der Waals surface area (Å²) in [5.74, 6) is 0.111. The predicted octanol–water partition coefficient (Wildman–Crippen LogP) is 3.20. The van der Waals surface area contributed by atoms with Gasteiger partial charge in [0.25, 0.3) is 5.91 Å². The molecule has 0 aromatic heterocycles. The molecule has 0 N–H and O–H groups in total. The Hall–Kier alpha value is -1.90. The van der Waals surface area contributed by atoms with Gasteiger partial charge in [-0.2, -0.15) is 0 Å². The number of nitrogens with zero attached hydrogens (tertiary/aromatic N) is 2. The van der Waals surface area contributed by atoms with Crippen molar-refractivity contribution in [2.75, 3.05) is 36.3 Å². The van der Waals surface area contributed by atoms with Crippen LogP contribution in [-0.4, -0.2) is 51.2 Å². The second-order valence-electron chi connectivity index (χ2n) is 6.95. The Morgan fingerprint density at radius 3 is 2.39 bits per heavy atom. The first-order valence-electron chi connectivity index (χ1n) is 9.21. The van der Waals surface area contributed by atoms with E-state index in [1.165, 1.54) is 4.31 Å². The van der Waals surface area contributed by atoms with Crippen molar-refractivity contribution in [2.45, 2.75) is 12.5 Å². The van der Waals surface area contributed by atoms with Gasteiger partial charge >= 0.3 is 0 Å². The van der Waals surface area contributed by atoms with Gasteiger partial charge in [-0.3, -0.25) is 9.10 Å². The minimum absolute atomic E-state index is 0.0683. The highest BCUT2D eigenvalue weighted by atomic mass is 79.9. The number of hydrogen-bond acceptors (Lipinski definition) is 4. The largest absolute Gasteiger partial charge is 0.370 e. The molecule has 1 unspecified atom stereocenters. The first kappa shape index (κ1) is 19.4. The third kappa shape index (κ3) is 3.94. The van der Waals surface area contributed by atoms with Crippen LogP contribution in [0.2, 0.25) is 0 Å². The molecule has 2 heterocycles. The van der Waals surface area contributed by atoms with Crippen LogP contribution in [0, 0.1) is 0 Å². The average molecular weight is 465 g/mol. The Kier molecular flexibility index (Phi) is 5.44. The fourth-order valence-electron chi connectivity index (χ4n) is 3.60. The monoisotopic (exact) mass is 464 g/mol. The third-order valence-corrected chi connectivity index (χ3v) is 7.50. The summed E-state index contributed by atoms with van der Waals surface area (Å²) in [4.78, 5) is 14.7. The van der Waals surface area contributed by atoms with Crippen LogP contribution in [0.4, 0.5) is 5.69 Å². The quantitative estimate of drug-likeness (QED) is 0.699. The molecule has 2 aliphatic heterocycles. The molecule has 148 valence electrons. The lowest BCUT2D eigenvalue weighted by molar-refractivity contribution is -0.0228. The van der Waals surface area contributed by atoms with E-state index in [2.05, 4.69) is 15.9 Å². The number of carbonyl (C=O) groups is 1. The van der Waals surface area contributed by atoms with Crippen LogP contribution in [0.1, 0.15) is 28.4 Å². The molecule has 28 heavy (non-hydrogen) atoms. The molecular formula is C20H21BrN2O4S. The molecule has 8 heteroatoms. The molecule has 2 aromatic rings. The van der Waals surface area contributed by atoms with Gasteiger partial charge < -0.3 is 9.64 Å². The summed E-state index contributed by atoms with van der Waals surface area (Å²) in [6.45, 7) is 2.00. The van der Waals surface area contributed by atoms with E-state index in [1.807, 2.05) is 24.3 Å². The number of amides is 1. The maximum Gasteiger partial charge on any atom is 0.254 e. The molecule has 2 saturated heterocycles. The van der Waals surface area contributed by atoms with Crippen molar-refractivity contribution >= 4 is 37.5 Å². The van der Waals surface area contributed by atoms with Crippen molar-refractivity contribution in [3.63, 3.8) is 0 Å². The number of anilines is 1. The van der Waals surface area contributed by atoms with E-state index >= 15 is 0 Å². The number of rotatable bonds is 3. The van der Waals surface area contributed by atoms with E-state index in [0.29, 0.717) is 43.9 Å². The lowest BCUT2D eigenvalue weighted by atomic mass is 10.1. The summed E-state index contributed by atoms with van der Waals surface area (Å²) in [5.41, 5.74) is 2.20. The predicted molar refractivity (Wildman–Crippen MR) is 111 cm³/mol. The third-order valence-electron chi connectivity index (χ3n) is 5.10. The lowest BCUT2D eigenvalue weighted by Crippen LogP contribution is -2.42. The zero-order chi connectivity index (χ0) is 19.7. The van der Waals surface area contributed by atoms with Gasteiger partial charge in [0.1, 0.15) is 6.10 Å². The summed E-state index contributed by atoms with van der Waals surface area (Å²) < 4.78 is 32.4. The second kappa shape index (κ2) is 7.85. The number of halogens is 1. The highest BCUT2D eigenvalue weighted by Gasteiger charge is 2.29. The van der Waals surface area contributed by atoms with Crippen LogP contribution in [0.3, 0.4) is 0 Å². The molecule has 0 radical (unpaired) electrons. The highest BCUT2D eigenvalue weighted by molar-refractivity contribution is 9.10. The van der Waals surface area contributed by atoms with Gasteiger partial charge in [0, 0.05) is 23.1 Å². The molecule has 6 nitrogen and oxygen atoms in total. The van der Waals surface area contributed by atoms with Crippen LogP contribution in [0.15, 0.2) is 53.0 Å². The Labute approximate surface area is 173 Å². The number of benzene rings is 2. The Bertz CT molecular complexity index is 961. The lowest BCUT2D eigenvalue weighted by Gasteiger charge is -2.33. The average Bonchev–Trinajstić information content (AvgIpc) is 3.07. The first-order valence-corrected chi connectivity index (χ1v) is 11.6. The number of hydrogen-bond donors (Lipinski definition) is 0. The summed E-state index contributed by atoms with van der Waals surface area (Å²) >= 11 is 3.43. The number of morpholine rings is 1. The Morgan fingerprint density at radius 1 is 1.04 bits per heavy atom. The van der Waals surface area contributed by atoms with Gasteiger partial charge in [-0.15, -0.1) is 0 Å². The molecule has 1 atom stereocenters. The molecule has 2 fully saturated rings. The Morgan fingerprint density at radius 2 is 1.75 bits per heavy atom. The van der Waals surface area contributed by atoms with Gasteiger partial charge in [0.05, 0.1) is 24.6 Å². The minimum atomic E-state index is -3.22. The van der Waals surface area contributed by atoms with Crippen LogP contribution in [-0.2, 0) is 14.8 Å². The topological polar surface area (TPSA) is 66.9 Å². The molecule has 4 rings (SSSR count). The maximum absolute atomic E-state index is 12.9. The smallest absolute Gasteiger partial charge is 0.254 e. The number of carbonyl (C=O) groups excluding carboxylic acids is 1. The summed E-state index contributed by atoms with van der Waals surface area (Å²) in [5, 5.41) is 0. The van der Waals surface area contributed by atoms with Crippen LogP contribution < -0.4 is 4.31 Å². The number of sulfonamides is 1. The van der Waals surface area contributed by atoms with Gasteiger partial charge in [-0.05, 0) is 48.4 Å². The summed E-state index contributed by atoms with van der Waals surface area (Å²) in [6.07, 6.45) is 0.480. The van der Waals surface area contributed by atoms with E-state index in [-0.39, 0.29) is 17.8 Å². The normalized spacial score (nSPS) is 21.7. The van der Waals surface area contributed by atoms with E-state index in [1.54, 1.807) is 29.2 Å². The fourth-order valence-corrected chi connectivity index (χ4v) is 5.42. The van der Waals surface area contributed by atoms with Gasteiger partial charge in [0.2, 0.25) is 10.0 Å². The van der Waals surface area contributed by atoms with Gasteiger partial charge in [-0.1, -0.05) is 28.1 Å². The molecule has 2 aliphatic rings. The highest BCUT2D eigenvalue weighted by Crippen LogP contribution is 2.27. The van der Waals surface area contributed by atoms with Gasteiger partial charge in [0.15, 0.2) is 0 Å². The second-order valence-corrected chi connectivity index (χ2v) is 9.88. The molecular weight excluding hydrogens is 444 g/mol. The van der Waals surface area contributed by atoms with Crippen molar-refractivity contribution in [2.24, 2.45) is 0 Å². The van der Waals surface area contributed by atoms with Crippen molar-refractivity contribution in [1.29, 1.82) is 0 Å². The summed E-state index contributed by atoms with van der Waals surface area (Å²) in [7, 11) is -3.22. The van der Waals surface area contributed by atoms with E-state index < -0.39 is 10.0 Å². The first-order chi connectivity index (χ1) is 13.4. The maximum atomic E-state index is 12.9. The van der Waals surface area contributed by atoms with Crippen LogP contribution >= 0.6 is 15.9 Å².